The number of aliphatic hydroxyl groups excluding tert-OH is 1. The van der Waals surface area contributed by atoms with Gasteiger partial charge in [-0.3, -0.25) is 4.98 Å². The van der Waals surface area contributed by atoms with Gasteiger partial charge < -0.3 is 15.2 Å². The summed E-state index contributed by atoms with van der Waals surface area (Å²) in [5.74, 6) is -0.368. The van der Waals surface area contributed by atoms with Crippen molar-refractivity contribution in [2.45, 2.75) is 26.2 Å². The molecule has 2 N–H and O–H groups in total. The van der Waals surface area contributed by atoms with Crippen LogP contribution in [-0.4, -0.2) is 35.8 Å². The van der Waals surface area contributed by atoms with Gasteiger partial charge in [0.1, 0.15) is 5.56 Å². The van der Waals surface area contributed by atoms with E-state index in [1.807, 2.05) is 30.3 Å². The fourth-order valence-corrected chi connectivity index (χ4v) is 3.12. The van der Waals surface area contributed by atoms with E-state index in [-0.39, 0.29) is 12.6 Å². The number of fused-ring (bicyclic) bond motifs is 3. The molecule has 0 atom stereocenters. The number of anilines is 1. The Labute approximate surface area is 153 Å². The minimum Gasteiger partial charge on any atom is -0.462 e. The van der Waals surface area contributed by atoms with Crippen molar-refractivity contribution in [2.24, 2.45) is 0 Å². The molecular formula is C21H24N2O3. The van der Waals surface area contributed by atoms with Crippen LogP contribution in [0.25, 0.3) is 21.7 Å². The molecule has 0 saturated carbocycles. The molecule has 1 aromatic heterocycles. The zero-order valence-corrected chi connectivity index (χ0v) is 15.0. The van der Waals surface area contributed by atoms with Crippen molar-refractivity contribution in [1.82, 2.24) is 4.98 Å². The average Bonchev–Trinajstić information content (AvgIpc) is 2.67. The van der Waals surface area contributed by atoms with Gasteiger partial charge in [0.05, 0.1) is 17.8 Å². The number of benzene rings is 2. The molecule has 26 heavy (non-hydrogen) atoms. The van der Waals surface area contributed by atoms with Crippen molar-refractivity contribution in [2.75, 3.05) is 25.1 Å². The fourth-order valence-electron chi connectivity index (χ4n) is 3.12. The predicted octanol–water partition coefficient (Wildman–Crippen LogP) is 4.14. The lowest BCUT2D eigenvalue weighted by Crippen LogP contribution is -2.12. The molecule has 0 spiro atoms. The third-order valence-corrected chi connectivity index (χ3v) is 4.39. The van der Waals surface area contributed by atoms with Crippen LogP contribution in [0, 0.1) is 0 Å². The molecule has 0 bridgehead atoms. The molecule has 0 aliphatic carbocycles. The molecule has 1 heterocycles. The number of carbonyl (C=O) groups excluding carboxylic acids is 1. The summed E-state index contributed by atoms with van der Waals surface area (Å²) in [6.07, 6.45) is 4.24. The second-order valence-corrected chi connectivity index (χ2v) is 6.16. The topological polar surface area (TPSA) is 71.5 Å². The Balaban J connectivity index is 2.03. The van der Waals surface area contributed by atoms with Gasteiger partial charge in [0.2, 0.25) is 0 Å². The predicted molar refractivity (Wildman–Crippen MR) is 105 cm³/mol. The van der Waals surface area contributed by atoms with Gasteiger partial charge in [0, 0.05) is 30.1 Å². The summed E-state index contributed by atoms with van der Waals surface area (Å²) < 4.78 is 5.20. The highest BCUT2D eigenvalue weighted by molar-refractivity contribution is 6.13. The quantitative estimate of drug-likeness (QED) is 0.362. The number of hydrogen-bond donors (Lipinski definition) is 2. The Hall–Kier alpha value is -2.66. The molecule has 0 aliphatic rings. The number of esters is 1. The largest absolute Gasteiger partial charge is 0.462 e. The zero-order chi connectivity index (χ0) is 18.4. The number of nitrogens with one attached hydrogen (secondary N) is 1. The number of nitrogens with zero attached hydrogens (tertiary/aromatic N) is 1. The van der Waals surface area contributed by atoms with E-state index in [0.717, 1.165) is 53.2 Å². The molecule has 0 unspecified atom stereocenters. The number of pyridine rings is 1. The van der Waals surface area contributed by atoms with Gasteiger partial charge in [0.25, 0.3) is 0 Å². The summed E-state index contributed by atoms with van der Waals surface area (Å²) in [5, 5.41) is 15.4. The highest BCUT2D eigenvalue weighted by Gasteiger charge is 2.17. The van der Waals surface area contributed by atoms with Crippen LogP contribution in [0.15, 0.2) is 42.6 Å². The van der Waals surface area contributed by atoms with Gasteiger partial charge in [0.15, 0.2) is 0 Å². The number of carbonyl (C=O) groups is 1. The second-order valence-electron chi connectivity index (χ2n) is 6.16. The second kappa shape index (κ2) is 8.63. The lowest BCUT2D eigenvalue weighted by molar-refractivity contribution is 0.0527. The normalized spacial score (nSPS) is 11.0. The molecular weight excluding hydrogens is 328 g/mol. The maximum atomic E-state index is 12.4. The van der Waals surface area contributed by atoms with Crippen LogP contribution in [0.2, 0.25) is 0 Å². The highest BCUT2D eigenvalue weighted by atomic mass is 16.5. The highest BCUT2D eigenvalue weighted by Crippen LogP contribution is 2.31. The smallest absolute Gasteiger partial charge is 0.341 e. The summed E-state index contributed by atoms with van der Waals surface area (Å²) in [6, 6.07) is 12.1. The molecule has 5 heteroatoms. The number of aliphatic hydroxyl groups is 1. The van der Waals surface area contributed by atoms with Crippen molar-refractivity contribution in [3.05, 3.63) is 48.2 Å². The Morgan fingerprint density at radius 2 is 1.96 bits per heavy atom. The first-order chi connectivity index (χ1) is 12.8. The first-order valence-electron chi connectivity index (χ1n) is 9.08. The Bertz CT molecular complexity index is 908. The lowest BCUT2D eigenvalue weighted by Gasteiger charge is -2.15. The van der Waals surface area contributed by atoms with Gasteiger partial charge in [-0.2, -0.15) is 0 Å². The minimum atomic E-state index is -0.368. The van der Waals surface area contributed by atoms with Gasteiger partial charge in [-0.15, -0.1) is 0 Å². The van der Waals surface area contributed by atoms with Crippen LogP contribution in [0.3, 0.4) is 0 Å². The SMILES string of the molecule is CCOC(=O)c1cnc2c(ccc3ccccc32)c1NCCCCCO. The molecule has 3 aromatic rings. The minimum absolute atomic E-state index is 0.207. The first kappa shape index (κ1) is 18.1. The molecule has 3 rings (SSSR count). The number of rotatable bonds is 8. The molecule has 0 aliphatic heterocycles. The summed E-state index contributed by atoms with van der Waals surface area (Å²) >= 11 is 0. The van der Waals surface area contributed by atoms with Crippen LogP contribution >= 0.6 is 0 Å². The van der Waals surface area contributed by atoms with Crippen molar-refractivity contribution >= 4 is 33.3 Å². The average molecular weight is 352 g/mol. The van der Waals surface area contributed by atoms with Gasteiger partial charge in [-0.25, -0.2) is 4.79 Å². The summed E-state index contributed by atoms with van der Waals surface area (Å²) in [5.41, 5.74) is 2.09. The van der Waals surface area contributed by atoms with E-state index in [1.165, 1.54) is 0 Å². The lowest BCUT2D eigenvalue weighted by atomic mass is 10.0. The third kappa shape index (κ3) is 3.78. The Kier molecular flexibility index (Phi) is 6.02. The van der Waals surface area contributed by atoms with Crippen LogP contribution in [-0.2, 0) is 4.74 Å². The van der Waals surface area contributed by atoms with Crippen molar-refractivity contribution in [3.8, 4) is 0 Å². The van der Waals surface area contributed by atoms with Crippen molar-refractivity contribution in [1.29, 1.82) is 0 Å². The Morgan fingerprint density at radius 3 is 2.77 bits per heavy atom. The van der Waals surface area contributed by atoms with Gasteiger partial charge in [-0.1, -0.05) is 36.4 Å². The molecule has 5 nitrogen and oxygen atoms in total. The summed E-state index contributed by atoms with van der Waals surface area (Å²) in [7, 11) is 0. The zero-order valence-electron chi connectivity index (χ0n) is 15.0. The van der Waals surface area contributed by atoms with E-state index < -0.39 is 0 Å². The maximum absolute atomic E-state index is 12.4. The standard InChI is InChI=1S/C21H24N2O3/c1-2-26-21(25)18-14-23-19-16-9-5-4-8-15(16)10-11-17(19)20(18)22-12-6-3-7-13-24/h4-5,8-11,14,24H,2-3,6-7,12-13H2,1H3,(H,22,23). The van der Waals surface area contributed by atoms with E-state index in [2.05, 4.69) is 16.4 Å². The molecule has 0 fully saturated rings. The van der Waals surface area contributed by atoms with E-state index in [0.29, 0.717) is 12.2 Å². The van der Waals surface area contributed by atoms with E-state index >= 15 is 0 Å². The number of hydrogen-bond acceptors (Lipinski definition) is 5. The van der Waals surface area contributed by atoms with Crippen molar-refractivity contribution in [3.63, 3.8) is 0 Å². The molecule has 0 amide bonds. The van der Waals surface area contributed by atoms with E-state index in [1.54, 1.807) is 13.1 Å². The van der Waals surface area contributed by atoms with Crippen LogP contribution in [0.5, 0.6) is 0 Å². The maximum Gasteiger partial charge on any atom is 0.341 e. The van der Waals surface area contributed by atoms with E-state index in [4.69, 9.17) is 9.84 Å². The molecule has 136 valence electrons. The monoisotopic (exact) mass is 352 g/mol. The molecule has 0 saturated heterocycles. The molecule has 0 radical (unpaired) electrons. The van der Waals surface area contributed by atoms with E-state index in [9.17, 15) is 4.79 Å². The van der Waals surface area contributed by atoms with Gasteiger partial charge >= 0.3 is 5.97 Å². The van der Waals surface area contributed by atoms with Gasteiger partial charge in [-0.05, 0) is 31.6 Å². The van der Waals surface area contributed by atoms with Crippen molar-refractivity contribution < 1.29 is 14.6 Å². The fraction of sp³-hybridized carbons (Fsp3) is 0.333. The number of aromatic nitrogens is 1. The summed E-state index contributed by atoms with van der Waals surface area (Å²) in [4.78, 5) is 16.9. The first-order valence-corrected chi connectivity index (χ1v) is 9.08. The van der Waals surface area contributed by atoms with Crippen LogP contribution < -0.4 is 5.32 Å². The Morgan fingerprint density at radius 1 is 1.12 bits per heavy atom. The van der Waals surface area contributed by atoms with Crippen LogP contribution in [0.1, 0.15) is 36.5 Å². The molecule has 2 aromatic carbocycles. The number of ether oxygens (including phenoxy) is 1. The summed E-state index contributed by atoms with van der Waals surface area (Å²) in [6.45, 7) is 3.04. The number of unbranched alkanes of at least 4 members (excludes halogenated alkanes) is 2. The van der Waals surface area contributed by atoms with Crippen LogP contribution in [0.4, 0.5) is 5.69 Å². The third-order valence-electron chi connectivity index (χ3n) is 4.39.